The fourth-order valence-electron chi connectivity index (χ4n) is 2.20. The quantitative estimate of drug-likeness (QED) is 0.392. The molecule has 0 aromatic heterocycles. The number of halogens is 2. The van der Waals surface area contributed by atoms with Crippen molar-refractivity contribution in [1.82, 2.24) is 5.32 Å². The molecule has 0 bridgehead atoms. The molecule has 2 N–H and O–H groups in total. The normalized spacial score (nSPS) is 17.0. The average molecular weight is 592 g/mol. The van der Waals surface area contributed by atoms with E-state index in [0.29, 0.717) is 16.7 Å². The Morgan fingerprint density at radius 1 is 1.23 bits per heavy atom. The van der Waals surface area contributed by atoms with E-state index in [4.69, 9.17) is 4.74 Å². The Balaban J connectivity index is 1.80. The van der Waals surface area contributed by atoms with Gasteiger partial charge < -0.3 is 15.2 Å². The third kappa shape index (κ3) is 4.71. The van der Waals surface area contributed by atoms with Gasteiger partial charge in [0.05, 0.1) is 24.3 Å². The molecule has 5 nitrogen and oxygen atoms in total. The number of ether oxygens (including phenoxy) is 1. The van der Waals surface area contributed by atoms with Crippen LogP contribution in [-0.4, -0.2) is 22.8 Å². The van der Waals surface area contributed by atoms with Crippen molar-refractivity contribution >= 4 is 79.8 Å². The Morgan fingerprint density at radius 3 is 2.50 bits per heavy atom. The van der Waals surface area contributed by atoms with Gasteiger partial charge in [-0.1, -0.05) is 0 Å². The summed E-state index contributed by atoms with van der Waals surface area (Å²) in [5, 5.41) is 13.2. The standard InChI is InChI=1S/C18H14I2N2O3S/c1-2-25-12-5-3-11(4-6-12)21-18-22-17(24)15(26-18)9-10-7-13(19)16(23)14(20)8-10/h3-9,23H,2H2,1H3,(H,21,22,24)/b15-9-. The van der Waals surface area contributed by atoms with Crippen molar-refractivity contribution in [2.75, 3.05) is 6.61 Å². The van der Waals surface area contributed by atoms with E-state index in [1.807, 2.05) is 43.3 Å². The number of nitrogens with zero attached hydrogens (tertiary/aromatic N) is 1. The Labute approximate surface area is 182 Å². The zero-order valence-electron chi connectivity index (χ0n) is 13.6. The van der Waals surface area contributed by atoms with Gasteiger partial charge in [-0.25, -0.2) is 4.99 Å². The summed E-state index contributed by atoms with van der Waals surface area (Å²) in [5.74, 6) is 0.865. The maximum atomic E-state index is 12.2. The molecule has 26 heavy (non-hydrogen) atoms. The number of thioether (sulfide) groups is 1. The first-order valence-corrected chi connectivity index (χ1v) is 10.6. The molecule has 2 aromatic carbocycles. The molecule has 1 aliphatic heterocycles. The molecule has 1 amide bonds. The van der Waals surface area contributed by atoms with Crippen LogP contribution in [0.15, 0.2) is 46.3 Å². The molecule has 2 aromatic rings. The molecule has 0 saturated carbocycles. The SMILES string of the molecule is CCOc1ccc(N=C2NC(=O)/C(=C/c3cc(I)c(O)c(I)c3)S2)cc1. The number of aliphatic imine (C=N–C) groups is 1. The van der Waals surface area contributed by atoms with E-state index >= 15 is 0 Å². The van der Waals surface area contributed by atoms with Gasteiger partial charge in [-0.3, -0.25) is 4.79 Å². The molecule has 1 fully saturated rings. The van der Waals surface area contributed by atoms with Gasteiger partial charge in [0.15, 0.2) is 5.17 Å². The maximum absolute atomic E-state index is 12.2. The molecule has 0 atom stereocenters. The smallest absolute Gasteiger partial charge is 0.264 e. The first-order chi connectivity index (χ1) is 12.5. The molecule has 0 radical (unpaired) electrons. The van der Waals surface area contributed by atoms with Crippen LogP contribution >= 0.6 is 56.9 Å². The van der Waals surface area contributed by atoms with Crippen molar-refractivity contribution in [3.05, 3.63) is 54.0 Å². The summed E-state index contributed by atoms with van der Waals surface area (Å²) in [6.45, 7) is 2.55. The molecule has 0 unspecified atom stereocenters. The summed E-state index contributed by atoms with van der Waals surface area (Å²) in [6, 6.07) is 11.1. The Bertz CT molecular complexity index is 888. The van der Waals surface area contributed by atoms with Crippen LogP contribution in [-0.2, 0) is 4.79 Å². The number of hydrogen-bond acceptors (Lipinski definition) is 5. The summed E-state index contributed by atoms with van der Waals surface area (Å²) in [5.41, 5.74) is 1.60. The highest BCUT2D eigenvalue weighted by atomic mass is 127. The molecule has 0 spiro atoms. The molecule has 1 saturated heterocycles. The van der Waals surface area contributed by atoms with E-state index in [-0.39, 0.29) is 11.7 Å². The molecular weight excluding hydrogens is 578 g/mol. The molecular formula is C18H14I2N2O3S. The lowest BCUT2D eigenvalue weighted by Gasteiger charge is -2.03. The lowest BCUT2D eigenvalue weighted by Crippen LogP contribution is -2.19. The van der Waals surface area contributed by atoms with E-state index in [1.165, 1.54) is 11.8 Å². The number of amidine groups is 1. The van der Waals surface area contributed by atoms with E-state index in [1.54, 1.807) is 6.08 Å². The summed E-state index contributed by atoms with van der Waals surface area (Å²) in [4.78, 5) is 17.2. The third-order valence-corrected chi connectivity index (χ3v) is 5.92. The summed E-state index contributed by atoms with van der Waals surface area (Å²) in [7, 11) is 0. The number of aromatic hydroxyl groups is 1. The third-order valence-electron chi connectivity index (χ3n) is 3.37. The lowest BCUT2D eigenvalue weighted by atomic mass is 10.2. The number of carbonyl (C=O) groups is 1. The second kappa shape index (κ2) is 8.61. The number of benzene rings is 2. The van der Waals surface area contributed by atoms with Gasteiger partial charge in [-0.05, 0) is 112 Å². The highest BCUT2D eigenvalue weighted by Crippen LogP contribution is 2.32. The molecule has 8 heteroatoms. The zero-order valence-corrected chi connectivity index (χ0v) is 18.8. The fraction of sp³-hybridized carbons (Fsp3) is 0.111. The first kappa shape index (κ1) is 19.5. The summed E-state index contributed by atoms with van der Waals surface area (Å²) < 4.78 is 6.89. The number of carbonyl (C=O) groups excluding carboxylic acids is 1. The minimum absolute atomic E-state index is 0.183. The van der Waals surface area contributed by atoms with E-state index in [0.717, 1.165) is 24.1 Å². The van der Waals surface area contributed by atoms with Crippen molar-refractivity contribution in [1.29, 1.82) is 0 Å². The number of amides is 1. The predicted octanol–water partition coefficient (Wildman–Crippen LogP) is 4.89. The van der Waals surface area contributed by atoms with Crippen molar-refractivity contribution in [3.8, 4) is 11.5 Å². The maximum Gasteiger partial charge on any atom is 0.264 e. The van der Waals surface area contributed by atoms with Crippen molar-refractivity contribution < 1.29 is 14.6 Å². The molecule has 0 aliphatic carbocycles. The average Bonchev–Trinajstić information content (AvgIpc) is 2.94. The Hall–Kier alpha value is -1.27. The van der Waals surface area contributed by atoms with Gasteiger partial charge in [0, 0.05) is 0 Å². The van der Waals surface area contributed by atoms with Gasteiger partial charge >= 0.3 is 0 Å². The lowest BCUT2D eigenvalue weighted by molar-refractivity contribution is -0.115. The molecule has 1 heterocycles. The minimum Gasteiger partial charge on any atom is -0.506 e. The zero-order chi connectivity index (χ0) is 18.7. The van der Waals surface area contributed by atoms with Gasteiger partial charge in [0.2, 0.25) is 0 Å². The van der Waals surface area contributed by atoms with Crippen LogP contribution < -0.4 is 10.1 Å². The number of rotatable bonds is 4. The Morgan fingerprint density at radius 2 is 1.88 bits per heavy atom. The number of hydrogen-bond donors (Lipinski definition) is 2. The van der Waals surface area contributed by atoms with Crippen LogP contribution in [0.4, 0.5) is 5.69 Å². The van der Waals surface area contributed by atoms with E-state index in [9.17, 15) is 9.90 Å². The van der Waals surface area contributed by atoms with E-state index in [2.05, 4.69) is 55.5 Å². The number of nitrogens with one attached hydrogen (secondary N) is 1. The van der Waals surface area contributed by atoms with Crippen LogP contribution in [0.2, 0.25) is 0 Å². The first-order valence-electron chi connectivity index (χ1n) is 7.66. The van der Waals surface area contributed by atoms with Gasteiger partial charge in [-0.2, -0.15) is 0 Å². The second-order valence-electron chi connectivity index (χ2n) is 5.24. The second-order valence-corrected chi connectivity index (χ2v) is 8.60. The summed E-state index contributed by atoms with van der Waals surface area (Å²) >= 11 is 5.43. The van der Waals surface area contributed by atoms with Crippen molar-refractivity contribution in [3.63, 3.8) is 0 Å². The topological polar surface area (TPSA) is 70.9 Å². The highest BCUT2D eigenvalue weighted by Gasteiger charge is 2.24. The van der Waals surface area contributed by atoms with Crippen molar-refractivity contribution in [2.45, 2.75) is 6.92 Å². The van der Waals surface area contributed by atoms with Gasteiger partial charge in [0.25, 0.3) is 5.91 Å². The highest BCUT2D eigenvalue weighted by molar-refractivity contribution is 14.1. The Kier molecular flexibility index (Phi) is 6.46. The van der Waals surface area contributed by atoms with Crippen LogP contribution in [0, 0.1) is 7.14 Å². The number of phenolic OH excluding ortho intramolecular Hbond substituents is 1. The predicted molar refractivity (Wildman–Crippen MR) is 122 cm³/mol. The van der Waals surface area contributed by atoms with Crippen LogP contribution in [0.5, 0.6) is 11.5 Å². The van der Waals surface area contributed by atoms with Crippen LogP contribution in [0.1, 0.15) is 12.5 Å². The molecule has 1 aliphatic rings. The van der Waals surface area contributed by atoms with Crippen molar-refractivity contribution in [2.24, 2.45) is 4.99 Å². The fourth-order valence-corrected chi connectivity index (χ4v) is 4.86. The monoisotopic (exact) mass is 592 g/mol. The molecule has 3 rings (SSSR count). The van der Waals surface area contributed by atoms with E-state index < -0.39 is 0 Å². The van der Waals surface area contributed by atoms with Crippen LogP contribution in [0.3, 0.4) is 0 Å². The minimum atomic E-state index is -0.183. The number of phenols is 1. The largest absolute Gasteiger partial charge is 0.506 e. The summed E-state index contributed by atoms with van der Waals surface area (Å²) in [6.07, 6.45) is 1.80. The van der Waals surface area contributed by atoms with Crippen LogP contribution in [0.25, 0.3) is 6.08 Å². The van der Waals surface area contributed by atoms with Gasteiger partial charge in [0.1, 0.15) is 11.5 Å². The van der Waals surface area contributed by atoms with Gasteiger partial charge in [-0.15, -0.1) is 0 Å². The molecule has 134 valence electrons.